The molecule has 5 nitrogen and oxygen atoms in total. The number of benzene rings is 1. The monoisotopic (exact) mass is 307 g/mol. The van der Waals surface area contributed by atoms with E-state index in [2.05, 4.69) is 16.1 Å². The molecule has 0 aromatic heterocycles. The van der Waals surface area contributed by atoms with Gasteiger partial charge in [-0.1, -0.05) is 12.0 Å². The van der Waals surface area contributed by atoms with Crippen LogP contribution in [0.15, 0.2) is 23.1 Å². The van der Waals surface area contributed by atoms with Crippen molar-refractivity contribution in [3.63, 3.8) is 0 Å². The van der Waals surface area contributed by atoms with Gasteiger partial charge in [-0.25, -0.2) is 13.6 Å². The second-order valence-electron chi connectivity index (χ2n) is 5.42. The molecule has 0 aliphatic carbocycles. The number of terminal acetylenes is 1. The van der Waals surface area contributed by atoms with Gasteiger partial charge in [-0.2, -0.15) is 0 Å². The Morgan fingerprint density at radius 1 is 1.43 bits per heavy atom. The van der Waals surface area contributed by atoms with Crippen LogP contribution in [0.25, 0.3) is 0 Å². The van der Waals surface area contributed by atoms with Gasteiger partial charge in [-0.05, 0) is 37.5 Å². The lowest BCUT2D eigenvalue weighted by Gasteiger charge is -2.31. The maximum Gasteiger partial charge on any atom is 0.238 e. The standard InChI is InChI=1S/C15H21N3O2S/c1-3-8-18-9-6-13(7-10-18)17-14-5-4-12(2)15(11-14)21(16,19)20/h1,4-5,11,13,17H,6-10H2,2H3,(H2,16,19,20). The fourth-order valence-corrected chi connectivity index (χ4v) is 3.40. The largest absolute Gasteiger partial charge is 0.382 e. The topological polar surface area (TPSA) is 75.4 Å². The molecule has 1 aromatic carbocycles. The molecule has 0 atom stereocenters. The molecular formula is C15H21N3O2S. The Labute approximate surface area is 126 Å². The second kappa shape index (κ2) is 6.48. The number of hydrogen-bond donors (Lipinski definition) is 2. The van der Waals surface area contributed by atoms with Crippen LogP contribution in [0.3, 0.4) is 0 Å². The minimum atomic E-state index is -3.68. The molecule has 3 N–H and O–H groups in total. The molecular weight excluding hydrogens is 286 g/mol. The van der Waals surface area contributed by atoms with Crippen molar-refractivity contribution in [1.82, 2.24) is 4.90 Å². The van der Waals surface area contributed by atoms with Crippen LogP contribution in [-0.2, 0) is 10.0 Å². The molecule has 1 fully saturated rings. The number of rotatable bonds is 4. The quantitative estimate of drug-likeness (QED) is 0.818. The van der Waals surface area contributed by atoms with Crippen LogP contribution < -0.4 is 10.5 Å². The summed E-state index contributed by atoms with van der Waals surface area (Å²) in [5.74, 6) is 2.66. The third kappa shape index (κ3) is 4.21. The molecule has 1 heterocycles. The number of nitrogens with two attached hydrogens (primary N) is 1. The van der Waals surface area contributed by atoms with Crippen LogP contribution in [0, 0.1) is 19.3 Å². The van der Waals surface area contributed by atoms with Crippen molar-refractivity contribution >= 4 is 15.7 Å². The summed E-state index contributed by atoms with van der Waals surface area (Å²) in [5.41, 5.74) is 1.45. The van der Waals surface area contributed by atoms with Crippen LogP contribution in [0.5, 0.6) is 0 Å². The number of aryl methyl sites for hydroxylation is 1. The molecule has 1 saturated heterocycles. The summed E-state index contributed by atoms with van der Waals surface area (Å²) in [6, 6.07) is 5.60. The zero-order chi connectivity index (χ0) is 15.5. The molecule has 0 spiro atoms. The first-order valence-corrected chi connectivity index (χ1v) is 8.50. The number of piperidine rings is 1. The van der Waals surface area contributed by atoms with E-state index < -0.39 is 10.0 Å². The molecule has 1 aromatic rings. The highest BCUT2D eigenvalue weighted by molar-refractivity contribution is 7.89. The Morgan fingerprint density at radius 3 is 2.67 bits per heavy atom. The normalized spacial score (nSPS) is 17.4. The zero-order valence-electron chi connectivity index (χ0n) is 12.2. The summed E-state index contributed by atoms with van der Waals surface area (Å²) in [4.78, 5) is 2.42. The highest BCUT2D eigenvalue weighted by atomic mass is 32.2. The zero-order valence-corrected chi connectivity index (χ0v) is 13.0. The molecule has 0 bridgehead atoms. The van der Waals surface area contributed by atoms with Gasteiger partial charge in [0.2, 0.25) is 10.0 Å². The van der Waals surface area contributed by atoms with Gasteiger partial charge >= 0.3 is 0 Å². The summed E-state index contributed by atoms with van der Waals surface area (Å²) in [6.07, 6.45) is 7.29. The van der Waals surface area contributed by atoms with Gasteiger partial charge in [-0.15, -0.1) is 6.42 Å². The smallest absolute Gasteiger partial charge is 0.238 e. The Kier molecular flexibility index (Phi) is 4.88. The predicted molar refractivity (Wildman–Crippen MR) is 84.5 cm³/mol. The van der Waals surface area contributed by atoms with E-state index >= 15 is 0 Å². The molecule has 0 unspecified atom stereocenters. The number of primary sulfonamides is 1. The molecule has 0 saturated carbocycles. The van der Waals surface area contributed by atoms with Crippen molar-refractivity contribution in [3.8, 4) is 12.3 Å². The fraction of sp³-hybridized carbons (Fsp3) is 0.467. The Balaban J connectivity index is 2.03. The molecule has 0 amide bonds. The van der Waals surface area contributed by atoms with Gasteiger partial charge in [-0.3, -0.25) is 4.90 Å². The SMILES string of the molecule is C#CCN1CCC(Nc2ccc(C)c(S(N)(=O)=O)c2)CC1. The molecule has 2 rings (SSSR count). The first kappa shape index (κ1) is 15.8. The van der Waals surface area contributed by atoms with Gasteiger partial charge < -0.3 is 5.32 Å². The average molecular weight is 307 g/mol. The molecule has 114 valence electrons. The summed E-state index contributed by atoms with van der Waals surface area (Å²) < 4.78 is 23.1. The second-order valence-corrected chi connectivity index (χ2v) is 6.95. The van der Waals surface area contributed by atoms with Crippen LogP contribution >= 0.6 is 0 Å². The molecule has 21 heavy (non-hydrogen) atoms. The lowest BCUT2D eigenvalue weighted by atomic mass is 10.0. The molecule has 0 radical (unpaired) electrons. The molecule has 6 heteroatoms. The maximum absolute atomic E-state index is 11.5. The van der Waals surface area contributed by atoms with Gasteiger partial charge in [0, 0.05) is 24.8 Å². The number of likely N-dealkylation sites (tertiary alicyclic amines) is 1. The summed E-state index contributed by atoms with van der Waals surface area (Å²) in [5, 5.41) is 8.62. The van der Waals surface area contributed by atoms with E-state index in [1.54, 1.807) is 19.1 Å². The number of nitrogens with zero attached hydrogens (tertiary/aromatic N) is 1. The van der Waals surface area contributed by atoms with Crippen molar-refractivity contribution in [2.75, 3.05) is 25.0 Å². The van der Waals surface area contributed by atoms with E-state index in [-0.39, 0.29) is 4.90 Å². The third-order valence-electron chi connectivity index (χ3n) is 3.77. The van der Waals surface area contributed by atoms with Gasteiger partial charge in [0.05, 0.1) is 11.4 Å². The van der Waals surface area contributed by atoms with E-state index in [4.69, 9.17) is 11.6 Å². The van der Waals surface area contributed by atoms with Crippen molar-refractivity contribution in [2.24, 2.45) is 5.14 Å². The Morgan fingerprint density at radius 2 is 2.10 bits per heavy atom. The number of sulfonamides is 1. The Bertz CT molecular complexity index is 641. The van der Waals surface area contributed by atoms with E-state index in [1.165, 1.54) is 0 Å². The number of hydrogen-bond acceptors (Lipinski definition) is 4. The summed E-state index contributed by atoms with van der Waals surface area (Å²) in [7, 11) is -3.68. The minimum absolute atomic E-state index is 0.178. The van der Waals surface area contributed by atoms with Crippen LogP contribution in [0.1, 0.15) is 18.4 Å². The Hall–Kier alpha value is -1.55. The van der Waals surface area contributed by atoms with Crippen molar-refractivity contribution in [3.05, 3.63) is 23.8 Å². The van der Waals surface area contributed by atoms with Crippen LogP contribution in [0.4, 0.5) is 5.69 Å². The van der Waals surface area contributed by atoms with E-state index in [9.17, 15) is 8.42 Å². The predicted octanol–water partition coefficient (Wildman–Crippen LogP) is 1.15. The average Bonchev–Trinajstić information content (AvgIpc) is 2.42. The van der Waals surface area contributed by atoms with Gasteiger partial charge in [0.1, 0.15) is 0 Å². The number of nitrogens with one attached hydrogen (secondary N) is 1. The number of anilines is 1. The van der Waals surface area contributed by atoms with Gasteiger partial charge in [0.25, 0.3) is 0 Å². The highest BCUT2D eigenvalue weighted by Crippen LogP contribution is 2.22. The minimum Gasteiger partial charge on any atom is -0.382 e. The fourth-order valence-electron chi connectivity index (χ4n) is 2.60. The molecule has 1 aliphatic rings. The summed E-state index contributed by atoms with van der Waals surface area (Å²) >= 11 is 0. The third-order valence-corrected chi connectivity index (χ3v) is 4.82. The van der Waals surface area contributed by atoms with E-state index in [1.807, 2.05) is 6.07 Å². The van der Waals surface area contributed by atoms with E-state index in [0.29, 0.717) is 18.2 Å². The first-order valence-electron chi connectivity index (χ1n) is 6.96. The van der Waals surface area contributed by atoms with Gasteiger partial charge in [0.15, 0.2) is 0 Å². The lowest BCUT2D eigenvalue weighted by Crippen LogP contribution is -2.39. The van der Waals surface area contributed by atoms with Crippen molar-refractivity contribution in [1.29, 1.82) is 0 Å². The van der Waals surface area contributed by atoms with Crippen LogP contribution in [-0.4, -0.2) is 39.0 Å². The lowest BCUT2D eigenvalue weighted by molar-refractivity contribution is 0.243. The van der Waals surface area contributed by atoms with Crippen molar-refractivity contribution < 1.29 is 8.42 Å². The van der Waals surface area contributed by atoms with Crippen LogP contribution in [0.2, 0.25) is 0 Å². The maximum atomic E-state index is 11.5. The first-order chi connectivity index (χ1) is 9.90. The van der Waals surface area contributed by atoms with Crippen molar-refractivity contribution in [2.45, 2.75) is 30.7 Å². The summed E-state index contributed by atoms with van der Waals surface area (Å²) in [6.45, 7) is 4.33. The molecule has 1 aliphatic heterocycles. The van der Waals surface area contributed by atoms with E-state index in [0.717, 1.165) is 31.6 Å². The highest BCUT2D eigenvalue weighted by Gasteiger charge is 2.19.